The lowest BCUT2D eigenvalue weighted by Crippen LogP contribution is -2.43. The second kappa shape index (κ2) is 8.05. The van der Waals surface area contributed by atoms with E-state index in [1.807, 2.05) is 0 Å². The van der Waals surface area contributed by atoms with Gasteiger partial charge in [-0.1, -0.05) is 18.2 Å². The van der Waals surface area contributed by atoms with Crippen LogP contribution in [-0.2, 0) is 24.2 Å². The first-order chi connectivity index (χ1) is 13.1. The molecule has 4 nitrogen and oxygen atoms in total. The van der Waals surface area contributed by atoms with Gasteiger partial charge in [0.25, 0.3) is 0 Å². The highest BCUT2D eigenvalue weighted by Crippen LogP contribution is 2.32. The van der Waals surface area contributed by atoms with Crippen molar-refractivity contribution in [3.05, 3.63) is 35.5 Å². The number of nitrogens with zero attached hydrogens (tertiary/aromatic N) is 3. The minimum absolute atomic E-state index is 0.334. The molecule has 0 N–H and O–H groups in total. The minimum Gasteiger partial charge on any atom is -0.344 e. The Morgan fingerprint density at radius 3 is 2.81 bits per heavy atom. The molecule has 1 atom stereocenters. The van der Waals surface area contributed by atoms with Crippen molar-refractivity contribution in [3.63, 3.8) is 0 Å². The maximum atomic E-state index is 12.9. The molecule has 0 unspecified atom stereocenters. The maximum absolute atomic E-state index is 12.9. The van der Waals surface area contributed by atoms with Gasteiger partial charge in [0.2, 0.25) is 5.91 Å². The van der Waals surface area contributed by atoms with E-state index in [0.717, 1.165) is 39.0 Å². The summed E-state index contributed by atoms with van der Waals surface area (Å²) >= 11 is 0. The fourth-order valence-corrected chi connectivity index (χ4v) is 5.16. The quantitative estimate of drug-likeness (QED) is 0.806. The smallest absolute Gasteiger partial charge is 0.224 e. The van der Waals surface area contributed by atoms with Crippen LogP contribution in [-0.4, -0.2) is 54.0 Å². The SMILES string of the molecule is CN(C)C[C@H]1CCCN(C(=O)CCn2c3c(c4ccccc42)CCCC3)C1. The van der Waals surface area contributed by atoms with Gasteiger partial charge in [0, 0.05) is 49.2 Å². The van der Waals surface area contributed by atoms with Crippen LogP contribution in [0.25, 0.3) is 10.9 Å². The number of fused-ring (bicyclic) bond motifs is 3. The van der Waals surface area contributed by atoms with Crippen LogP contribution < -0.4 is 0 Å². The van der Waals surface area contributed by atoms with Crippen LogP contribution in [0.2, 0.25) is 0 Å². The Hall–Kier alpha value is -1.81. The van der Waals surface area contributed by atoms with Crippen molar-refractivity contribution in [1.82, 2.24) is 14.4 Å². The highest BCUT2D eigenvalue weighted by molar-refractivity contribution is 5.86. The Kier molecular flexibility index (Phi) is 5.53. The number of hydrogen-bond acceptors (Lipinski definition) is 2. The van der Waals surface area contributed by atoms with Crippen LogP contribution >= 0.6 is 0 Å². The van der Waals surface area contributed by atoms with Gasteiger partial charge in [-0.3, -0.25) is 4.79 Å². The molecule has 1 aliphatic heterocycles. The summed E-state index contributed by atoms with van der Waals surface area (Å²) in [6.07, 6.45) is 7.93. The molecule has 27 heavy (non-hydrogen) atoms. The van der Waals surface area contributed by atoms with Crippen molar-refractivity contribution < 1.29 is 4.79 Å². The number of amides is 1. The molecule has 4 rings (SSSR count). The summed E-state index contributed by atoms with van der Waals surface area (Å²) in [5, 5.41) is 1.41. The summed E-state index contributed by atoms with van der Waals surface area (Å²) in [5.41, 5.74) is 4.34. The average Bonchev–Trinajstić information content (AvgIpc) is 3.00. The third-order valence-electron chi connectivity index (χ3n) is 6.33. The number of para-hydroxylation sites is 1. The van der Waals surface area contributed by atoms with E-state index in [1.54, 1.807) is 0 Å². The van der Waals surface area contributed by atoms with Gasteiger partial charge < -0.3 is 14.4 Å². The number of aromatic nitrogens is 1. The van der Waals surface area contributed by atoms with E-state index in [4.69, 9.17) is 0 Å². The van der Waals surface area contributed by atoms with Gasteiger partial charge >= 0.3 is 0 Å². The minimum atomic E-state index is 0.334. The van der Waals surface area contributed by atoms with Gasteiger partial charge in [-0.05, 0) is 70.2 Å². The zero-order valence-electron chi connectivity index (χ0n) is 16.9. The van der Waals surface area contributed by atoms with Crippen LogP contribution in [0.15, 0.2) is 24.3 Å². The number of hydrogen-bond donors (Lipinski definition) is 0. The maximum Gasteiger partial charge on any atom is 0.224 e. The summed E-state index contributed by atoms with van der Waals surface area (Å²) in [7, 11) is 4.25. The lowest BCUT2D eigenvalue weighted by atomic mass is 9.95. The van der Waals surface area contributed by atoms with Crippen molar-refractivity contribution in [1.29, 1.82) is 0 Å². The Bertz CT molecular complexity index is 807. The molecule has 146 valence electrons. The number of carbonyl (C=O) groups excluding carboxylic acids is 1. The molecule has 0 bridgehead atoms. The van der Waals surface area contributed by atoms with E-state index in [0.29, 0.717) is 18.2 Å². The number of rotatable bonds is 5. The van der Waals surface area contributed by atoms with E-state index in [9.17, 15) is 4.79 Å². The lowest BCUT2D eigenvalue weighted by molar-refractivity contribution is -0.133. The summed E-state index contributed by atoms with van der Waals surface area (Å²) < 4.78 is 2.45. The molecule has 2 heterocycles. The number of likely N-dealkylation sites (tertiary alicyclic amines) is 1. The molecule has 2 aromatic rings. The molecule has 1 aromatic heterocycles. The molecule has 0 spiro atoms. The van der Waals surface area contributed by atoms with Crippen LogP contribution in [0.4, 0.5) is 0 Å². The first-order valence-electron chi connectivity index (χ1n) is 10.6. The first kappa shape index (κ1) is 18.5. The van der Waals surface area contributed by atoms with Crippen molar-refractivity contribution in [3.8, 4) is 0 Å². The molecule has 0 saturated carbocycles. The van der Waals surface area contributed by atoms with Crippen LogP contribution in [0.3, 0.4) is 0 Å². The molecule has 1 saturated heterocycles. The molecular weight excluding hydrogens is 334 g/mol. The summed E-state index contributed by atoms with van der Waals surface area (Å²) in [4.78, 5) is 17.3. The van der Waals surface area contributed by atoms with Crippen LogP contribution in [0.5, 0.6) is 0 Å². The zero-order valence-corrected chi connectivity index (χ0v) is 16.9. The van der Waals surface area contributed by atoms with Gasteiger partial charge in [-0.25, -0.2) is 0 Å². The molecule has 1 amide bonds. The monoisotopic (exact) mass is 367 g/mol. The largest absolute Gasteiger partial charge is 0.344 e. The summed E-state index contributed by atoms with van der Waals surface area (Å²) in [5.74, 6) is 0.957. The fraction of sp³-hybridized carbons (Fsp3) is 0.609. The van der Waals surface area contributed by atoms with E-state index >= 15 is 0 Å². The third kappa shape index (κ3) is 3.91. The third-order valence-corrected chi connectivity index (χ3v) is 6.33. The Morgan fingerprint density at radius 2 is 1.96 bits per heavy atom. The average molecular weight is 368 g/mol. The topological polar surface area (TPSA) is 28.5 Å². The van der Waals surface area contributed by atoms with E-state index in [2.05, 4.69) is 52.7 Å². The van der Waals surface area contributed by atoms with Crippen molar-refractivity contribution in [2.24, 2.45) is 5.92 Å². The van der Waals surface area contributed by atoms with E-state index in [-0.39, 0.29) is 0 Å². The highest BCUT2D eigenvalue weighted by atomic mass is 16.2. The molecular formula is C23H33N3O. The standard InChI is InChI=1S/C23H33N3O/c1-24(2)16-18-8-7-14-25(17-18)23(27)13-15-26-21-11-5-3-9-19(21)20-10-4-6-12-22(20)26/h3,5,9,11,18H,4,6-8,10,12-17H2,1-2H3/t18-/m1/s1. The fourth-order valence-electron chi connectivity index (χ4n) is 5.16. The predicted octanol–water partition coefficient (Wildman–Crippen LogP) is 3.71. The first-order valence-corrected chi connectivity index (χ1v) is 10.6. The highest BCUT2D eigenvalue weighted by Gasteiger charge is 2.25. The van der Waals surface area contributed by atoms with Gasteiger partial charge in [0.15, 0.2) is 0 Å². The van der Waals surface area contributed by atoms with Crippen LogP contribution in [0, 0.1) is 5.92 Å². The molecule has 2 aliphatic rings. The van der Waals surface area contributed by atoms with Crippen molar-refractivity contribution in [2.45, 2.75) is 51.5 Å². The van der Waals surface area contributed by atoms with Gasteiger partial charge in [-0.15, -0.1) is 0 Å². The molecule has 1 fully saturated rings. The molecule has 0 radical (unpaired) electrons. The van der Waals surface area contributed by atoms with E-state index < -0.39 is 0 Å². The molecule has 1 aromatic carbocycles. The van der Waals surface area contributed by atoms with Gasteiger partial charge in [-0.2, -0.15) is 0 Å². The number of piperidine rings is 1. The van der Waals surface area contributed by atoms with Crippen molar-refractivity contribution >= 4 is 16.8 Å². The molecule has 1 aliphatic carbocycles. The second-order valence-electron chi connectivity index (χ2n) is 8.66. The van der Waals surface area contributed by atoms with Crippen molar-refractivity contribution in [2.75, 3.05) is 33.7 Å². The predicted molar refractivity (Wildman–Crippen MR) is 111 cm³/mol. The zero-order chi connectivity index (χ0) is 18.8. The van der Waals surface area contributed by atoms with Gasteiger partial charge in [0.05, 0.1) is 0 Å². The second-order valence-corrected chi connectivity index (χ2v) is 8.66. The lowest BCUT2D eigenvalue weighted by Gasteiger charge is -2.34. The van der Waals surface area contributed by atoms with E-state index in [1.165, 1.54) is 47.8 Å². The molecule has 4 heteroatoms. The normalized spacial score (nSPS) is 20.3. The summed E-state index contributed by atoms with van der Waals surface area (Å²) in [6.45, 7) is 3.78. The number of aryl methyl sites for hydroxylation is 2. The Morgan fingerprint density at radius 1 is 1.15 bits per heavy atom. The van der Waals surface area contributed by atoms with Gasteiger partial charge in [0.1, 0.15) is 0 Å². The Balaban J connectivity index is 1.46. The number of carbonyl (C=O) groups is 1. The van der Waals surface area contributed by atoms with Crippen LogP contribution in [0.1, 0.15) is 43.4 Å². The number of benzene rings is 1. The Labute approximate surface area is 163 Å². The summed E-state index contributed by atoms with van der Waals surface area (Å²) in [6, 6.07) is 8.76.